The summed E-state index contributed by atoms with van der Waals surface area (Å²) in [5, 5.41) is 7.98. The Labute approximate surface area is 47.2 Å². The second-order valence-corrected chi connectivity index (χ2v) is 1.18. The molecule has 0 aliphatic carbocycles. The number of hydrogen-bond acceptors (Lipinski definition) is 4. The first-order valence-corrected chi connectivity index (χ1v) is 1.87. The van der Waals surface area contributed by atoms with Crippen LogP contribution in [-0.2, 0) is 4.79 Å². The zero-order chi connectivity index (χ0) is 5.86. The van der Waals surface area contributed by atoms with Crippen LogP contribution in [0.4, 0.5) is 0 Å². The molecule has 0 aliphatic rings. The van der Waals surface area contributed by atoms with Gasteiger partial charge in [0.05, 0.1) is 0 Å². The molecule has 5 heteroatoms. The Morgan fingerprint density at radius 2 is 2.12 bits per heavy atom. The van der Waals surface area contributed by atoms with Crippen molar-refractivity contribution in [2.75, 3.05) is 6.54 Å². The van der Waals surface area contributed by atoms with E-state index in [9.17, 15) is 4.79 Å². The predicted molar refractivity (Wildman–Crippen MR) is 29.7 cm³/mol. The smallest absolute Gasteiger partial charge is 0.321 e. The standard InChI is InChI=1S/C3H8N2O2.H3N/c4-1-2(5)3(6)7;/h2H,1,4-5H2,(H,6,7);1H3. The van der Waals surface area contributed by atoms with Gasteiger partial charge in [-0.1, -0.05) is 0 Å². The highest BCUT2D eigenvalue weighted by atomic mass is 16.4. The normalized spacial score (nSPS) is 11.8. The van der Waals surface area contributed by atoms with Gasteiger partial charge in [-0.15, -0.1) is 0 Å². The van der Waals surface area contributed by atoms with Crippen molar-refractivity contribution in [3.8, 4) is 0 Å². The fourth-order valence-corrected chi connectivity index (χ4v) is 0.101. The third-order valence-electron chi connectivity index (χ3n) is 0.571. The van der Waals surface area contributed by atoms with Crippen molar-refractivity contribution in [2.45, 2.75) is 6.04 Å². The van der Waals surface area contributed by atoms with E-state index in [1.54, 1.807) is 0 Å². The maximum atomic E-state index is 9.73. The lowest BCUT2D eigenvalue weighted by Crippen LogP contribution is -2.37. The Balaban J connectivity index is 0. The molecule has 0 spiro atoms. The number of hydrogen-bond donors (Lipinski definition) is 4. The van der Waals surface area contributed by atoms with Crippen LogP contribution in [0.1, 0.15) is 0 Å². The van der Waals surface area contributed by atoms with Gasteiger partial charge in [-0.2, -0.15) is 0 Å². The van der Waals surface area contributed by atoms with Gasteiger partial charge in [0.15, 0.2) is 0 Å². The van der Waals surface area contributed by atoms with E-state index in [1.807, 2.05) is 0 Å². The second-order valence-electron chi connectivity index (χ2n) is 1.18. The van der Waals surface area contributed by atoms with Gasteiger partial charge in [0, 0.05) is 6.54 Å². The topological polar surface area (TPSA) is 124 Å². The molecule has 5 nitrogen and oxygen atoms in total. The number of carboxylic acids is 1. The zero-order valence-corrected chi connectivity index (χ0v) is 4.50. The minimum atomic E-state index is -1.05. The van der Waals surface area contributed by atoms with Crippen LogP contribution in [0.5, 0.6) is 0 Å². The van der Waals surface area contributed by atoms with Gasteiger partial charge >= 0.3 is 5.97 Å². The van der Waals surface area contributed by atoms with E-state index in [2.05, 4.69) is 0 Å². The molecular formula is C3H11N3O2. The summed E-state index contributed by atoms with van der Waals surface area (Å²) in [5.74, 6) is -1.05. The number of carbonyl (C=O) groups is 1. The van der Waals surface area contributed by atoms with Gasteiger partial charge in [0.25, 0.3) is 0 Å². The molecule has 0 saturated heterocycles. The van der Waals surface area contributed by atoms with E-state index >= 15 is 0 Å². The van der Waals surface area contributed by atoms with Crippen molar-refractivity contribution in [1.29, 1.82) is 0 Å². The molecule has 0 saturated carbocycles. The number of rotatable bonds is 2. The molecule has 0 radical (unpaired) electrons. The van der Waals surface area contributed by atoms with Crippen LogP contribution in [-0.4, -0.2) is 23.7 Å². The van der Waals surface area contributed by atoms with Crippen molar-refractivity contribution in [2.24, 2.45) is 11.5 Å². The summed E-state index contributed by atoms with van der Waals surface area (Å²) in [4.78, 5) is 9.73. The maximum absolute atomic E-state index is 9.73. The quantitative estimate of drug-likeness (QED) is 0.354. The highest BCUT2D eigenvalue weighted by molar-refractivity contribution is 5.73. The molecule has 8 N–H and O–H groups in total. The highest BCUT2D eigenvalue weighted by Crippen LogP contribution is 1.68. The molecule has 0 aromatic carbocycles. The molecule has 0 aliphatic heterocycles. The van der Waals surface area contributed by atoms with Crippen LogP contribution in [0.25, 0.3) is 0 Å². The molecule has 1 atom stereocenters. The van der Waals surface area contributed by atoms with Gasteiger partial charge in [-0.05, 0) is 0 Å². The molecule has 0 amide bonds. The van der Waals surface area contributed by atoms with Gasteiger partial charge < -0.3 is 22.7 Å². The molecule has 0 rings (SSSR count). The number of aliphatic carboxylic acids is 1. The van der Waals surface area contributed by atoms with Gasteiger partial charge in [0.1, 0.15) is 6.04 Å². The lowest BCUT2D eigenvalue weighted by atomic mass is 10.3. The summed E-state index contributed by atoms with van der Waals surface area (Å²) in [6.45, 7) is -0.00463. The zero-order valence-electron chi connectivity index (χ0n) is 4.50. The SMILES string of the molecule is N.NCC(N)C(=O)O. The van der Waals surface area contributed by atoms with Gasteiger partial charge in [-0.3, -0.25) is 4.79 Å². The molecule has 0 fully saturated rings. The van der Waals surface area contributed by atoms with Gasteiger partial charge in [0.2, 0.25) is 0 Å². The summed E-state index contributed by atoms with van der Waals surface area (Å²) in [6.07, 6.45) is 0. The Kier molecular flexibility index (Phi) is 5.83. The average Bonchev–Trinajstić information content (AvgIpc) is 1.65. The summed E-state index contributed by atoms with van der Waals surface area (Å²) < 4.78 is 0. The molecule has 0 heterocycles. The Bertz CT molecular complexity index is 74.9. The van der Waals surface area contributed by atoms with Crippen LogP contribution in [0.15, 0.2) is 0 Å². The van der Waals surface area contributed by atoms with Crippen molar-refractivity contribution in [1.82, 2.24) is 6.15 Å². The van der Waals surface area contributed by atoms with Crippen LogP contribution < -0.4 is 17.6 Å². The van der Waals surface area contributed by atoms with E-state index in [4.69, 9.17) is 16.6 Å². The predicted octanol–water partition coefficient (Wildman–Crippen LogP) is -1.48. The second kappa shape index (κ2) is 4.51. The summed E-state index contributed by atoms with van der Waals surface area (Å²) in [5.41, 5.74) is 9.76. The first-order valence-electron chi connectivity index (χ1n) is 1.87. The van der Waals surface area contributed by atoms with E-state index in [0.717, 1.165) is 0 Å². The minimum Gasteiger partial charge on any atom is -0.480 e. The third kappa shape index (κ3) is 3.54. The molecule has 0 aromatic heterocycles. The van der Waals surface area contributed by atoms with Crippen LogP contribution >= 0.6 is 0 Å². The Hall–Kier alpha value is -0.650. The van der Waals surface area contributed by atoms with Crippen molar-refractivity contribution in [3.63, 3.8) is 0 Å². The summed E-state index contributed by atoms with van der Waals surface area (Å²) in [7, 11) is 0. The first-order chi connectivity index (χ1) is 3.18. The summed E-state index contributed by atoms with van der Waals surface area (Å²) >= 11 is 0. The maximum Gasteiger partial charge on any atom is 0.321 e. The number of carboxylic acid groups (broad SMARTS) is 1. The highest BCUT2D eigenvalue weighted by Gasteiger charge is 2.05. The van der Waals surface area contributed by atoms with Crippen molar-refractivity contribution < 1.29 is 9.90 Å². The van der Waals surface area contributed by atoms with E-state index in [0.29, 0.717) is 0 Å². The molecule has 1 unspecified atom stereocenters. The summed E-state index contributed by atoms with van der Waals surface area (Å²) in [6, 6.07) is -0.903. The lowest BCUT2D eigenvalue weighted by molar-refractivity contribution is -0.138. The Morgan fingerprint density at radius 3 is 2.12 bits per heavy atom. The molecular weight excluding hydrogens is 110 g/mol. The first kappa shape index (κ1) is 10.4. The van der Waals surface area contributed by atoms with E-state index < -0.39 is 12.0 Å². The van der Waals surface area contributed by atoms with Crippen LogP contribution in [0.2, 0.25) is 0 Å². The molecule has 8 heavy (non-hydrogen) atoms. The lowest BCUT2D eigenvalue weighted by Gasteiger charge is -1.97. The molecule has 50 valence electrons. The largest absolute Gasteiger partial charge is 0.480 e. The van der Waals surface area contributed by atoms with Gasteiger partial charge in [-0.25, -0.2) is 0 Å². The third-order valence-corrected chi connectivity index (χ3v) is 0.571. The van der Waals surface area contributed by atoms with Crippen LogP contribution in [0.3, 0.4) is 0 Å². The molecule has 0 aromatic rings. The minimum absolute atomic E-state index is 0. The fraction of sp³-hybridized carbons (Fsp3) is 0.667. The number of nitrogens with two attached hydrogens (primary N) is 2. The van der Waals surface area contributed by atoms with E-state index in [-0.39, 0.29) is 12.7 Å². The van der Waals surface area contributed by atoms with E-state index in [1.165, 1.54) is 0 Å². The average molecular weight is 121 g/mol. The molecule has 0 bridgehead atoms. The Morgan fingerprint density at radius 1 is 1.75 bits per heavy atom. The monoisotopic (exact) mass is 121 g/mol. The fourth-order valence-electron chi connectivity index (χ4n) is 0.101. The van der Waals surface area contributed by atoms with Crippen molar-refractivity contribution in [3.05, 3.63) is 0 Å². The van der Waals surface area contributed by atoms with Crippen LogP contribution in [0, 0.1) is 0 Å². The van der Waals surface area contributed by atoms with Crippen molar-refractivity contribution >= 4 is 5.97 Å².